The molecule has 0 bridgehead atoms. The molecule has 0 atom stereocenters. The minimum absolute atomic E-state index is 0.00407. The Kier molecular flexibility index (Phi) is 5.84. The Labute approximate surface area is 158 Å². The number of hydrogen-bond acceptors (Lipinski definition) is 2. The van der Waals surface area contributed by atoms with Gasteiger partial charge in [0, 0.05) is 13.2 Å². The van der Waals surface area contributed by atoms with Crippen molar-refractivity contribution in [3.8, 4) is 0 Å². The van der Waals surface area contributed by atoms with E-state index in [1.807, 2.05) is 0 Å². The van der Waals surface area contributed by atoms with Crippen molar-refractivity contribution in [3.05, 3.63) is 70.9 Å². The number of rotatable bonds is 4. The summed E-state index contributed by atoms with van der Waals surface area (Å²) in [6.07, 6.45) is -8.20. The molecule has 0 aliphatic heterocycles. The molecule has 10 heteroatoms. The van der Waals surface area contributed by atoms with Crippen LogP contribution in [0.3, 0.4) is 0 Å². The predicted molar refractivity (Wildman–Crippen MR) is 91.6 cm³/mol. The quantitative estimate of drug-likeness (QED) is 0.624. The van der Waals surface area contributed by atoms with Gasteiger partial charge in [-0.25, -0.2) is 8.42 Å². The predicted octanol–water partition coefficient (Wildman–Crippen LogP) is 5.32. The molecule has 3 nitrogen and oxygen atoms in total. The van der Waals surface area contributed by atoms with Crippen LogP contribution in [0.25, 0.3) is 6.08 Å². The second-order valence-corrected chi connectivity index (χ2v) is 7.99. The lowest BCUT2D eigenvalue weighted by Crippen LogP contribution is -2.21. The van der Waals surface area contributed by atoms with E-state index in [9.17, 15) is 34.8 Å². The molecule has 0 saturated heterocycles. The SMILES string of the molecule is Cc1ccc(S(=O)(=O)N(C)/C=C/c2cc(C(F)(F)F)cc(C(F)(F)F)c2)cc1. The highest BCUT2D eigenvalue weighted by Gasteiger charge is 2.36. The lowest BCUT2D eigenvalue weighted by Gasteiger charge is -2.16. The molecule has 0 fully saturated rings. The van der Waals surface area contributed by atoms with Crippen molar-refractivity contribution >= 4 is 16.1 Å². The molecular formula is C18H15F6NO2S. The van der Waals surface area contributed by atoms with Gasteiger partial charge < -0.3 is 0 Å². The molecule has 2 rings (SSSR count). The third kappa shape index (κ3) is 5.06. The van der Waals surface area contributed by atoms with Crippen LogP contribution in [-0.2, 0) is 22.4 Å². The number of benzene rings is 2. The fourth-order valence-corrected chi connectivity index (χ4v) is 3.26. The number of hydrogen-bond donors (Lipinski definition) is 0. The van der Waals surface area contributed by atoms with E-state index < -0.39 is 39.1 Å². The number of aryl methyl sites for hydroxylation is 1. The normalized spacial score (nSPS) is 13.1. The van der Waals surface area contributed by atoms with Crippen molar-refractivity contribution in [2.45, 2.75) is 24.2 Å². The second-order valence-electron chi connectivity index (χ2n) is 5.99. The number of halogens is 6. The molecule has 0 N–H and O–H groups in total. The van der Waals surface area contributed by atoms with Gasteiger partial charge in [0.15, 0.2) is 0 Å². The van der Waals surface area contributed by atoms with Crippen LogP contribution in [0.2, 0.25) is 0 Å². The molecule has 0 saturated carbocycles. The van der Waals surface area contributed by atoms with E-state index in [2.05, 4.69) is 0 Å². The van der Waals surface area contributed by atoms with Crippen LogP contribution in [0.1, 0.15) is 22.3 Å². The van der Waals surface area contributed by atoms with Gasteiger partial charge in [-0.3, -0.25) is 4.31 Å². The fourth-order valence-electron chi connectivity index (χ4n) is 2.22. The van der Waals surface area contributed by atoms with Gasteiger partial charge in [-0.05, 0) is 48.9 Å². The standard InChI is InChI=1S/C18H15F6NO2S/c1-12-3-5-16(6-4-12)28(26,27)25(2)8-7-13-9-14(17(19,20)21)11-15(10-13)18(22,23)24/h3-11H,1-2H3/b8-7+. The van der Waals surface area contributed by atoms with Crippen molar-refractivity contribution < 1.29 is 34.8 Å². The molecule has 152 valence electrons. The lowest BCUT2D eigenvalue weighted by molar-refractivity contribution is -0.143. The Balaban J connectivity index is 2.40. The summed E-state index contributed by atoms with van der Waals surface area (Å²) in [6.45, 7) is 1.76. The average molecular weight is 423 g/mol. The van der Waals surface area contributed by atoms with Gasteiger partial charge in [-0.15, -0.1) is 0 Å². The zero-order valence-corrected chi connectivity index (χ0v) is 15.5. The van der Waals surface area contributed by atoms with Gasteiger partial charge in [0.05, 0.1) is 16.0 Å². The lowest BCUT2D eigenvalue weighted by atomic mass is 10.0. The maximum atomic E-state index is 12.9. The van der Waals surface area contributed by atoms with Crippen molar-refractivity contribution in [3.63, 3.8) is 0 Å². The number of alkyl halides is 6. The van der Waals surface area contributed by atoms with Gasteiger partial charge in [-0.2, -0.15) is 26.3 Å². The summed E-state index contributed by atoms with van der Waals surface area (Å²) in [7, 11) is -2.87. The molecule has 2 aromatic carbocycles. The highest BCUT2D eigenvalue weighted by atomic mass is 32.2. The van der Waals surface area contributed by atoms with Gasteiger partial charge in [0.1, 0.15) is 0 Å². The fraction of sp³-hybridized carbons (Fsp3) is 0.222. The second kappa shape index (κ2) is 7.50. The molecule has 0 unspecified atom stereocenters. The Morgan fingerprint density at radius 2 is 1.32 bits per heavy atom. The first-order valence-corrected chi connectivity index (χ1v) is 9.17. The van der Waals surface area contributed by atoms with Crippen LogP contribution >= 0.6 is 0 Å². The van der Waals surface area contributed by atoms with Crippen LogP contribution in [0.4, 0.5) is 26.3 Å². The van der Waals surface area contributed by atoms with Crippen LogP contribution in [0.15, 0.2) is 53.6 Å². The minimum atomic E-state index is -4.98. The molecule has 28 heavy (non-hydrogen) atoms. The van der Waals surface area contributed by atoms with Crippen molar-refractivity contribution in [2.24, 2.45) is 0 Å². The van der Waals surface area contributed by atoms with Gasteiger partial charge >= 0.3 is 12.4 Å². The molecule has 2 aromatic rings. The summed E-state index contributed by atoms with van der Waals surface area (Å²) in [5.41, 5.74) is -2.58. The molecule has 0 heterocycles. The number of nitrogens with zero attached hydrogens (tertiary/aromatic N) is 1. The summed E-state index contributed by atoms with van der Waals surface area (Å²) < 4.78 is 103. The maximum absolute atomic E-state index is 12.9. The molecule has 0 spiro atoms. The Morgan fingerprint density at radius 3 is 1.75 bits per heavy atom. The smallest absolute Gasteiger partial charge is 0.276 e. The van der Waals surface area contributed by atoms with Crippen LogP contribution < -0.4 is 0 Å². The van der Waals surface area contributed by atoms with E-state index >= 15 is 0 Å². The molecule has 0 amide bonds. The monoisotopic (exact) mass is 423 g/mol. The highest BCUT2D eigenvalue weighted by Crippen LogP contribution is 2.36. The summed E-state index contributed by atoms with van der Waals surface area (Å²) in [5, 5.41) is 0. The van der Waals surface area contributed by atoms with E-state index in [0.717, 1.165) is 24.9 Å². The van der Waals surface area contributed by atoms with E-state index in [1.54, 1.807) is 19.1 Å². The average Bonchev–Trinajstić information content (AvgIpc) is 2.58. The maximum Gasteiger partial charge on any atom is 0.416 e. The molecule has 0 radical (unpaired) electrons. The van der Waals surface area contributed by atoms with Crippen LogP contribution in [0, 0.1) is 6.92 Å². The highest BCUT2D eigenvalue weighted by molar-refractivity contribution is 7.89. The van der Waals surface area contributed by atoms with Crippen molar-refractivity contribution in [1.29, 1.82) is 0 Å². The third-order valence-corrected chi connectivity index (χ3v) is 5.53. The summed E-state index contributed by atoms with van der Waals surface area (Å²) in [6, 6.07) is 6.85. The van der Waals surface area contributed by atoms with E-state index in [0.29, 0.717) is 16.4 Å². The minimum Gasteiger partial charge on any atom is -0.276 e. The van der Waals surface area contributed by atoms with E-state index in [1.165, 1.54) is 12.1 Å². The zero-order chi connectivity index (χ0) is 21.3. The van der Waals surface area contributed by atoms with E-state index in [4.69, 9.17) is 0 Å². The number of sulfonamides is 1. The van der Waals surface area contributed by atoms with Crippen LogP contribution in [0.5, 0.6) is 0 Å². The van der Waals surface area contributed by atoms with Gasteiger partial charge in [-0.1, -0.05) is 17.7 Å². The summed E-state index contributed by atoms with van der Waals surface area (Å²) in [5.74, 6) is 0. The van der Waals surface area contributed by atoms with Crippen LogP contribution in [-0.4, -0.2) is 19.8 Å². The molecular weight excluding hydrogens is 408 g/mol. The summed E-state index contributed by atoms with van der Waals surface area (Å²) >= 11 is 0. The molecule has 0 aliphatic carbocycles. The largest absolute Gasteiger partial charge is 0.416 e. The molecule has 0 aliphatic rings. The Hall–Kier alpha value is -2.49. The van der Waals surface area contributed by atoms with Gasteiger partial charge in [0.25, 0.3) is 10.0 Å². The Morgan fingerprint density at radius 1 is 0.857 bits per heavy atom. The van der Waals surface area contributed by atoms with Crippen molar-refractivity contribution in [2.75, 3.05) is 7.05 Å². The first-order valence-electron chi connectivity index (χ1n) is 7.73. The first kappa shape index (κ1) is 21.8. The van der Waals surface area contributed by atoms with Crippen molar-refractivity contribution in [1.82, 2.24) is 4.31 Å². The van der Waals surface area contributed by atoms with E-state index in [-0.39, 0.29) is 11.0 Å². The topological polar surface area (TPSA) is 37.4 Å². The zero-order valence-electron chi connectivity index (χ0n) is 14.6. The Bertz CT molecular complexity index is 944. The third-order valence-electron chi connectivity index (χ3n) is 3.78. The summed E-state index contributed by atoms with van der Waals surface area (Å²) in [4.78, 5) is -0.0646. The first-order chi connectivity index (χ1) is 12.7. The molecule has 0 aromatic heterocycles. The van der Waals surface area contributed by atoms with Gasteiger partial charge in [0.2, 0.25) is 0 Å².